The number of H-pyrrole nitrogens is 1. The van der Waals surface area contributed by atoms with Gasteiger partial charge in [0.15, 0.2) is 6.10 Å². The minimum atomic E-state index is -0.982. The van der Waals surface area contributed by atoms with Crippen LogP contribution in [0.3, 0.4) is 0 Å². The van der Waals surface area contributed by atoms with E-state index >= 15 is 0 Å². The number of carbonyl (C=O) groups is 2. The second-order valence-corrected chi connectivity index (χ2v) is 12.8. The molecule has 0 aromatic carbocycles. The fourth-order valence-corrected chi connectivity index (χ4v) is 7.91. The van der Waals surface area contributed by atoms with Gasteiger partial charge in [-0.3, -0.25) is 0 Å². The molecule has 10 heteroatoms. The van der Waals surface area contributed by atoms with Gasteiger partial charge in [-0.1, -0.05) is 39.0 Å². The summed E-state index contributed by atoms with van der Waals surface area (Å²) in [5.74, 6) is -2.50. The molecule has 39 heavy (non-hydrogen) atoms. The molecule has 0 amide bonds. The van der Waals surface area contributed by atoms with Gasteiger partial charge in [-0.15, -0.1) is 0 Å². The lowest BCUT2D eigenvalue weighted by Gasteiger charge is -2.53. The SMILES string of the molecule is CO[C@H]1C[C@H]2C=C[C@]3(C)[C@H]4[C@H](O)[C@@H](C)[C@@H](OC(=O)c5cc(Br)c[nH]5)[C@@H]3O[C@@]24/C(C)=C/[C@@H](C)[C@@H]([C@@H](C)O)OC1=O. The number of rotatable bonds is 4. The Morgan fingerprint density at radius 3 is 2.67 bits per heavy atom. The zero-order chi connectivity index (χ0) is 28.4. The monoisotopic (exact) mass is 607 g/mol. The molecule has 9 nitrogen and oxygen atoms in total. The van der Waals surface area contributed by atoms with Crippen molar-refractivity contribution in [3.63, 3.8) is 0 Å². The number of hydrogen-bond donors (Lipinski definition) is 3. The maximum atomic E-state index is 13.1. The summed E-state index contributed by atoms with van der Waals surface area (Å²) in [7, 11) is 1.46. The van der Waals surface area contributed by atoms with Gasteiger partial charge in [0.1, 0.15) is 29.6 Å². The van der Waals surface area contributed by atoms with Gasteiger partial charge >= 0.3 is 11.9 Å². The summed E-state index contributed by atoms with van der Waals surface area (Å²) in [6.45, 7) is 9.39. The highest BCUT2D eigenvalue weighted by atomic mass is 79.9. The van der Waals surface area contributed by atoms with E-state index in [0.29, 0.717) is 5.69 Å². The quantitative estimate of drug-likeness (QED) is 0.350. The highest BCUT2D eigenvalue weighted by Gasteiger charge is 2.73. The number of esters is 2. The first-order valence-corrected chi connectivity index (χ1v) is 14.3. The Labute approximate surface area is 237 Å². The molecule has 1 saturated heterocycles. The average Bonchev–Trinajstić information content (AvgIpc) is 3.36. The lowest BCUT2D eigenvalue weighted by molar-refractivity contribution is -0.172. The van der Waals surface area contributed by atoms with E-state index in [4.69, 9.17) is 18.9 Å². The third-order valence-corrected chi connectivity index (χ3v) is 9.96. The fraction of sp³-hybridized carbons (Fsp3) is 0.655. The van der Waals surface area contributed by atoms with Crippen LogP contribution in [0.5, 0.6) is 0 Å². The number of ether oxygens (including phenoxy) is 4. The molecule has 1 saturated carbocycles. The lowest BCUT2D eigenvalue weighted by Crippen LogP contribution is -2.61. The summed E-state index contributed by atoms with van der Waals surface area (Å²) in [6, 6.07) is 1.65. The van der Waals surface area contributed by atoms with Gasteiger partial charge in [-0.25, -0.2) is 9.59 Å². The Balaban J connectivity index is 1.61. The molecule has 2 aliphatic heterocycles. The highest BCUT2D eigenvalue weighted by Crippen LogP contribution is 2.66. The Kier molecular flexibility index (Phi) is 7.42. The van der Waals surface area contributed by atoms with Gasteiger partial charge in [-0.05, 0) is 47.8 Å². The van der Waals surface area contributed by atoms with Gasteiger partial charge in [-0.2, -0.15) is 0 Å². The first-order valence-electron chi connectivity index (χ1n) is 13.6. The smallest absolute Gasteiger partial charge is 0.355 e. The van der Waals surface area contributed by atoms with Gasteiger partial charge in [0.2, 0.25) is 0 Å². The predicted octanol–water partition coefficient (Wildman–Crippen LogP) is 3.55. The van der Waals surface area contributed by atoms with Gasteiger partial charge in [0, 0.05) is 46.9 Å². The number of aliphatic hydroxyl groups excluding tert-OH is 2. The number of nitrogens with one attached hydrogen (secondary N) is 1. The summed E-state index contributed by atoms with van der Waals surface area (Å²) < 4.78 is 25.2. The van der Waals surface area contributed by atoms with E-state index in [0.717, 1.165) is 10.0 Å². The first kappa shape index (κ1) is 28.5. The minimum absolute atomic E-state index is 0.263. The van der Waals surface area contributed by atoms with Crippen molar-refractivity contribution in [1.29, 1.82) is 0 Å². The van der Waals surface area contributed by atoms with Crippen LogP contribution < -0.4 is 0 Å². The zero-order valence-corrected chi connectivity index (χ0v) is 24.7. The zero-order valence-electron chi connectivity index (χ0n) is 23.1. The number of carbonyl (C=O) groups excluding carboxylic acids is 2. The van der Waals surface area contributed by atoms with Crippen molar-refractivity contribution < 1.29 is 38.7 Å². The first-order chi connectivity index (χ1) is 18.3. The molecule has 1 aromatic heterocycles. The summed E-state index contributed by atoms with van der Waals surface area (Å²) in [4.78, 5) is 29.2. The van der Waals surface area contributed by atoms with Crippen LogP contribution in [0.2, 0.25) is 0 Å². The topological polar surface area (TPSA) is 127 Å². The van der Waals surface area contributed by atoms with E-state index in [1.165, 1.54) is 7.11 Å². The summed E-state index contributed by atoms with van der Waals surface area (Å²) in [5, 5.41) is 22.4. The standard InChI is InChI=1S/C29H38BrNO8/c1-13-9-14(2)29-17(10-20(36-6)27(35)37-22(13)16(4)32)7-8-28(5)24(29)21(33)15(3)23(25(28)39-29)38-26(34)19-11-18(30)12-31-19/h7-9,11-13,15-17,20-25,31-33H,10H2,1-6H3/b14-9+/t13-,15-,16-,17-,20+,21-,22+,23-,24-,25+,28-,29+/m1/s1. The third kappa shape index (κ3) is 4.34. The molecule has 4 aliphatic rings. The van der Waals surface area contributed by atoms with Crippen molar-refractivity contribution in [2.45, 2.75) is 83.3 Å². The number of aromatic amines is 1. The number of aliphatic hydroxyl groups is 2. The average molecular weight is 609 g/mol. The molecule has 4 bridgehead atoms. The summed E-state index contributed by atoms with van der Waals surface area (Å²) in [6.07, 6.45) is 3.33. The molecule has 2 fully saturated rings. The van der Waals surface area contributed by atoms with Crippen LogP contribution in [-0.2, 0) is 23.7 Å². The minimum Gasteiger partial charge on any atom is -0.457 e. The molecule has 0 unspecified atom stereocenters. The predicted molar refractivity (Wildman–Crippen MR) is 145 cm³/mol. The number of cyclic esters (lactones) is 1. The maximum Gasteiger partial charge on any atom is 0.355 e. The van der Waals surface area contributed by atoms with E-state index in [1.54, 1.807) is 19.2 Å². The van der Waals surface area contributed by atoms with E-state index in [9.17, 15) is 19.8 Å². The molecular weight excluding hydrogens is 570 g/mol. The van der Waals surface area contributed by atoms with Crippen molar-refractivity contribution in [3.05, 3.63) is 46.2 Å². The van der Waals surface area contributed by atoms with Gasteiger partial charge < -0.3 is 34.1 Å². The van der Waals surface area contributed by atoms with Crippen molar-refractivity contribution in [2.24, 2.45) is 29.1 Å². The second-order valence-electron chi connectivity index (χ2n) is 11.9. The summed E-state index contributed by atoms with van der Waals surface area (Å²) in [5.41, 5.74) is -0.436. The molecule has 1 spiro atoms. The molecule has 0 radical (unpaired) electrons. The molecule has 3 N–H and O–H groups in total. The van der Waals surface area contributed by atoms with Crippen LogP contribution in [-0.4, -0.2) is 76.5 Å². The van der Waals surface area contributed by atoms with Crippen molar-refractivity contribution in [3.8, 4) is 0 Å². The Hall–Kier alpha value is -1.98. The van der Waals surface area contributed by atoms with Crippen LogP contribution in [0.4, 0.5) is 0 Å². The van der Waals surface area contributed by atoms with Crippen LogP contribution >= 0.6 is 15.9 Å². The maximum absolute atomic E-state index is 13.1. The van der Waals surface area contributed by atoms with E-state index in [2.05, 4.69) is 33.1 Å². The van der Waals surface area contributed by atoms with E-state index in [-0.39, 0.29) is 24.2 Å². The third-order valence-electron chi connectivity index (χ3n) is 9.50. The highest BCUT2D eigenvalue weighted by molar-refractivity contribution is 9.10. The van der Waals surface area contributed by atoms with Crippen LogP contribution in [0, 0.1) is 29.1 Å². The van der Waals surface area contributed by atoms with Crippen molar-refractivity contribution in [1.82, 2.24) is 4.98 Å². The molecule has 5 rings (SSSR count). The number of halogens is 1. The molecule has 2 aliphatic carbocycles. The van der Waals surface area contributed by atoms with Gasteiger partial charge in [0.25, 0.3) is 0 Å². The van der Waals surface area contributed by atoms with Gasteiger partial charge in [0.05, 0.1) is 12.2 Å². The van der Waals surface area contributed by atoms with Crippen LogP contribution in [0.1, 0.15) is 51.5 Å². The number of hydrogen-bond acceptors (Lipinski definition) is 8. The lowest BCUT2D eigenvalue weighted by atomic mass is 9.51. The van der Waals surface area contributed by atoms with Crippen molar-refractivity contribution >= 4 is 27.9 Å². The Bertz CT molecular complexity index is 1190. The number of aromatic nitrogens is 1. The fourth-order valence-electron chi connectivity index (χ4n) is 7.57. The van der Waals surface area contributed by atoms with E-state index in [1.807, 2.05) is 33.8 Å². The second kappa shape index (κ2) is 10.1. The molecule has 1 aromatic rings. The van der Waals surface area contributed by atoms with Crippen LogP contribution in [0.15, 0.2) is 40.5 Å². The molecule has 12 atom stereocenters. The summed E-state index contributed by atoms with van der Waals surface area (Å²) >= 11 is 3.35. The Morgan fingerprint density at radius 2 is 2.05 bits per heavy atom. The largest absolute Gasteiger partial charge is 0.457 e. The van der Waals surface area contributed by atoms with Crippen molar-refractivity contribution in [2.75, 3.05) is 7.11 Å². The van der Waals surface area contributed by atoms with Crippen LogP contribution in [0.25, 0.3) is 0 Å². The molecule has 214 valence electrons. The normalized spacial score (nSPS) is 45.5. The Morgan fingerprint density at radius 1 is 1.33 bits per heavy atom. The molecule has 3 heterocycles. The molecular formula is C29H38BrNO8. The van der Waals surface area contributed by atoms with E-state index < -0.39 is 65.5 Å². The number of methoxy groups -OCH3 is 1.